The van der Waals surface area contributed by atoms with Crippen LogP contribution < -0.4 is 16.4 Å². The maximum atomic E-state index is 12.3. The molecular formula is C14H21N3O3S. The van der Waals surface area contributed by atoms with Crippen molar-refractivity contribution >= 4 is 33.8 Å². The molecule has 0 aromatic carbocycles. The molecule has 1 aromatic heterocycles. The van der Waals surface area contributed by atoms with Crippen LogP contribution in [-0.4, -0.2) is 38.0 Å². The first-order valence-corrected chi connectivity index (χ1v) is 7.73. The Morgan fingerprint density at radius 3 is 2.57 bits per heavy atom. The van der Waals surface area contributed by atoms with Crippen molar-refractivity contribution in [3.8, 4) is 0 Å². The molecule has 116 valence electrons. The smallest absolute Gasteiger partial charge is 0.343 e. The van der Waals surface area contributed by atoms with Crippen molar-refractivity contribution in [3.63, 3.8) is 0 Å². The number of thiophene rings is 1. The highest BCUT2D eigenvalue weighted by Crippen LogP contribution is 2.41. The van der Waals surface area contributed by atoms with Gasteiger partial charge in [0.2, 0.25) is 0 Å². The fourth-order valence-corrected chi connectivity index (χ4v) is 3.70. The summed E-state index contributed by atoms with van der Waals surface area (Å²) in [6, 6.07) is 0.0723. The summed E-state index contributed by atoms with van der Waals surface area (Å²) in [5.74, 6) is -0.746. The molecule has 2 rings (SSSR count). The molecule has 2 heterocycles. The molecule has 7 heteroatoms. The second-order valence-corrected chi connectivity index (χ2v) is 6.53. The number of rotatable bonds is 4. The molecule has 0 aliphatic carbocycles. The number of ketones is 1. The Hall–Kier alpha value is -1.60. The van der Waals surface area contributed by atoms with E-state index >= 15 is 0 Å². The number of hydrogen-bond donors (Lipinski definition) is 2. The number of nitrogen functional groups attached to an aromatic ring is 1. The number of carbonyl (C=O) groups is 2. The van der Waals surface area contributed by atoms with Crippen LogP contribution in [0, 0.1) is 5.92 Å². The molecule has 1 atom stereocenters. The minimum absolute atomic E-state index is 0.0580. The monoisotopic (exact) mass is 311 g/mol. The molecule has 1 fully saturated rings. The standard InChI is InChI=1S/C14H21N3O3S/c1-7(2)11(18)12-10(16)9(14(19)20-3)13(21-12)17-5-4-8(15)6-17/h7-8H,4-6,15-16H2,1-3H3. The van der Waals surface area contributed by atoms with Gasteiger partial charge in [-0.3, -0.25) is 4.79 Å². The number of nitrogens with zero attached hydrogens (tertiary/aromatic N) is 1. The molecule has 1 aliphatic rings. The zero-order chi connectivity index (χ0) is 15.7. The predicted octanol–water partition coefficient (Wildman–Crippen LogP) is 1.49. The van der Waals surface area contributed by atoms with Crippen LogP contribution in [0.3, 0.4) is 0 Å². The Kier molecular flexibility index (Phi) is 4.53. The molecule has 0 radical (unpaired) electrons. The number of esters is 1. The van der Waals surface area contributed by atoms with E-state index in [0.717, 1.165) is 13.0 Å². The topological polar surface area (TPSA) is 98.6 Å². The van der Waals surface area contributed by atoms with Crippen molar-refractivity contribution in [1.82, 2.24) is 0 Å². The van der Waals surface area contributed by atoms with Crippen LogP contribution in [0.1, 0.15) is 40.3 Å². The van der Waals surface area contributed by atoms with Gasteiger partial charge in [0.05, 0.1) is 17.7 Å². The Labute approximate surface area is 128 Å². The number of ether oxygens (including phenoxy) is 1. The lowest BCUT2D eigenvalue weighted by Crippen LogP contribution is -2.26. The fraction of sp³-hybridized carbons (Fsp3) is 0.571. The summed E-state index contributed by atoms with van der Waals surface area (Å²) < 4.78 is 4.82. The summed E-state index contributed by atoms with van der Waals surface area (Å²) in [4.78, 5) is 26.7. The lowest BCUT2D eigenvalue weighted by Gasteiger charge is -2.17. The lowest BCUT2D eigenvalue weighted by atomic mass is 10.1. The summed E-state index contributed by atoms with van der Waals surface area (Å²) in [7, 11) is 1.31. The first kappa shape index (κ1) is 15.8. The number of carbonyl (C=O) groups excluding carboxylic acids is 2. The van der Waals surface area contributed by atoms with Crippen molar-refractivity contribution in [3.05, 3.63) is 10.4 Å². The van der Waals surface area contributed by atoms with Crippen molar-refractivity contribution < 1.29 is 14.3 Å². The van der Waals surface area contributed by atoms with E-state index in [4.69, 9.17) is 16.2 Å². The highest BCUT2D eigenvalue weighted by molar-refractivity contribution is 7.19. The van der Waals surface area contributed by atoms with Crippen LogP contribution in [0.4, 0.5) is 10.7 Å². The molecule has 0 saturated carbocycles. The summed E-state index contributed by atoms with van der Waals surface area (Å²) in [6.07, 6.45) is 0.853. The van der Waals surface area contributed by atoms with E-state index in [0.29, 0.717) is 22.0 Å². The minimum Gasteiger partial charge on any atom is -0.465 e. The van der Waals surface area contributed by atoms with Crippen molar-refractivity contribution in [2.24, 2.45) is 11.7 Å². The van der Waals surface area contributed by atoms with Crippen LogP contribution in [0.2, 0.25) is 0 Å². The largest absolute Gasteiger partial charge is 0.465 e. The van der Waals surface area contributed by atoms with Gasteiger partial charge in [-0.2, -0.15) is 0 Å². The fourth-order valence-electron chi connectivity index (χ4n) is 2.37. The van der Waals surface area contributed by atoms with Gasteiger partial charge in [0, 0.05) is 25.0 Å². The second-order valence-electron chi connectivity index (χ2n) is 5.53. The van der Waals surface area contributed by atoms with E-state index < -0.39 is 5.97 Å². The molecule has 0 spiro atoms. The highest BCUT2D eigenvalue weighted by atomic mass is 32.1. The van der Waals surface area contributed by atoms with E-state index in [1.54, 1.807) is 0 Å². The van der Waals surface area contributed by atoms with Gasteiger partial charge in [-0.05, 0) is 6.42 Å². The summed E-state index contributed by atoms with van der Waals surface area (Å²) in [5, 5.41) is 0.691. The zero-order valence-corrected chi connectivity index (χ0v) is 13.3. The van der Waals surface area contributed by atoms with Crippen LogP contribution in [0.15, 0.2) is 0 Å². The van der Waals surface area contributed by atoms with Gasteiger partial charge in [-0.25, -0.2) is 4.79 Å². The lowest BCUT2D eigenvalue weighted by molar-refractivity contribution is 0.0603. The molecule has 6 nitrogen and oxygen atoms in total. The normalized spacial score (nSPS) is 18.3. The summed E-state index contributed by atoms with van der Waals surface area (Å²) >= 11 is 1.26. The first-order chi connectivity index (χ1) is 9.86. The Bertz CT molecular complexity index is 568. The third kappa shape index (κ3) is 2.89. The van der Waals surface area contributed by atoms with Gasteiger partial charge in [-0.15, -0.1) is 11.3 Å². The third-order valence-corrected chi connectivity index (χ3v) is 4.86. The van der Waals surface area contributed by atoms with E-state index in [1.807, 2.05) is 18.7 Å². The molecule has 1 saturated heterocycles. The zero-order valence-electron chi connectivity index (χ0n) is 12.5. The van der Waals surface area contributed by atoms with Gasteiger partial charge >= 0.3 is 5.97 Å². The number of nitrogens with two attached hydrogens (primary N) is 2. The third-order valence-electron chi connectivity index (χ3n) is 3.58. The van der Waals surface area contributed by atoms with Crippen molar-refractivity contribution in [2.75, 3.05) is 30.8 Å². The average Bonchev–Trinajstić information content (AvgIpc) is 3.00. The van der Waals surface area contributed by atoms with E-state index in [-0.39, 0.29) is 23.4 Å². The number of anilines is 2. The minimum atomic E-state index is -0.512. The van der Waals surface area contributed by atoms with Crippen LogP contribution in [-0.2, 0) is 4.74 Å². The molecule has 21 heavy (non-hydrogen) atoms. The molecular weight excluding hydrogens is 290 g/mol. The predicted molar refractivity (Wildman–Crippen MR) is 84.0 cm³/mol. The van der Waals surface area contributed by atoms with Gasteiger partial charge in [0.25, 0.3) is 0 Å². The molecule has 4 N–H and O–H groups in total. The summed E-state index contributed by atoms with van der Waals surface area (Å²) in [6.45, 7) is 5.02. The maximum absolute atomic E-state index is 12.3. The number of Topliss-reactive ketones (excluding diaryl/α,β-unsaturated/α-hetero) is 1. The van der Waals surface area contributed by atoms with Crippen molar-refractivity contribution in [2.45, 2.75) is 26.3 Å². The first-order valence-electron chi connectivity index (χ1n) is 6.92. The SMILES string of the molecule is COC(=O)c1c(N2CCC(N)C2)sc(C(=O)C(C)C)c1N. The van der Waals surface area contributed by atoms with E-state index in [9.17, 15) is 9.59 Å². The van der Waals surface area contributed by atoms with Crippen LogP contribution in [0.25, 0.3) is 0 Å². The van der Waals surface area contributed by atoms with E-state index in [2.05, 4.69) is 0 Å². The van der Waals surface area contributed by atoms with E-state index in [1.165, 1.54) is 18.4 Å². The Balaban J connectivity index is 2.50. The van der Waals surface area contributed by atoms with Crippen molar-refractivity contribution in [1.29, 1.82) is 0 Å². The highest BCUT2D eigenvalue weighted by Gasteiger charge is 2.32. The maximum Gasteiger partial charge on any atom is 0.343 e. The molecule has 1 aromatic rings. The molecule has 1 aliphatic heterocycles. The van der Waals surface area contributed by atoms with Gasteiger partial charge in [-0.1, -0.05) is 13.8 Å². The molecule has 1 unspecified atom stereocenters. The average molecular weight is 311 g/mol. The number of methoxy groups -OCH3 is 1. The Morgan fingerprint density at radius 1 is 1.43 bits per heavy atom. The van der Waals surface area contributed by atoms with Crippen LogP contribution >= 0.6 is 11.3 Å². The summed E-state index contributed by atoms with van der Waals surface area (Å²) in [5.41, 5.74) is 12.5. The van der Waals surface area contributed by atoms with Crippen LogP contribution in [0.5, 0.6) is 0 Å². The quantitative estimate of drug-likeness (QED) is 0.646. The second kappa shape index (κ2) is 6.03. The molecule has 0 bridgehead atoms. The Morgan fingerprint density at radius 2 is 2.10 bits per heavy atom. The van der Waals surface area contributed by atoms with Gasteiger partial charge in [0.1, 0.15) is 10.6 Å². The molecule has 0 amide bonds. The van der Waals surface area contributed by atoms with Gasteiger partial charge < -0.3 is 21.1 Å². The van der Waals surface area contributed by atoms with Gasteiger partial charge in [0.15, 0.2) is 5.78 Å². The number of hydrogen-bond acceptors (Lipinski definition) is 7.